The van der Waals surface area contributed by atoms with E-state index in [1.165, 1.54) is 31.2 Å². The number of hydrogen-bond donors (Lipinski definition) is 0. The number of aromatic nitrogens is 2. The third kappa shape index (κ3) is 3.38. The smallest absolute Gasteiger partial charge is 0.225 e. The number of nitrogens with zero attached hydrogens (tertiary/aromatic N) is 4. The van der Waals surface area contributed by atoms with Crippen molar-refractivity contribution in [2.24, 2.45) is 11.8 Å². The van der Waals surface area contributed by atoms with Crippen molar-refractivity contribution < 1.29 is 4.79 Å². The van der Waals surface area contributed by atoms with Gasteiger partial charge in [-0.05, 0) is 38.5 Å². The van der Waals surface area contributed by atoms with Crippen molar-refractivity contribution in [2.45, 2.75) is 65.3 Å². The first-order chi connectivity index (χ1) is 12.1. The maximum Gasteiger partial charge on any atom is 0.225 e. The first kappa shape index (κ1) is 16.8. The lowest BCUT2D eigenvalue weighted by Crippen LogP contribution is -2.41. The molecule has 2 fully saturated rings. The van der Waals surface area contributed by atoms with E-state index in [4.69, 9.17) is 9.97 Å². The largest absolute Gasteiger partial charge is 0.356 e. The van der Waals surface area contributed by atoms with Crippen molar-refractivity contribution in [2.75, 3.05) is 24.5 Å². The number of amides is 1. The molecule has 1 amide bonds. The Hall–Kier alpha value is -1.65. The van der Waals surface area contributed by atoms with Crippen LogP contribution in [0.3, 0.4) is 0 Å². The minimum absolute atomic E-state index is 0.257. The molecule has 136 valence electrons. The third-order valence-corrected chi connectivity index (χ3v) is 6.25. The van der Waals surface area contributed by atoms with Gasteiger partial charge in [-0.3, -0.25) is 4.79 Å². The number of fused-ring (bicyclic) bond motifs is 1. The summed E-state index contributed by atoms with van der Waals surface area (Å²) in [4.78, 5) is 26.9. The lowest BCUT2D eigenvalue weighted by molar-refractivity contribution is -0.136. The van der Waals surface area contributed by atoms with Crippen LogP contribution in [0, 0.1) is 18.8 Å². The molecule has 5 heteroatoms. The molecule has 0 bridgehead atoms. The van der Waals surface area contributed by atoms with Crippen LogP contribution in [0.25, 0.3) is 0 Å². The minimum Gasteiger partial charge on any atom is -0.356 e. The van der Waals surface area contributed by atoms with Crippen LogP contribution in [0.5, 0.6) is 0 Å². The second-order valence-electron chi connectivity index (χ2n) is 8.18. The van der Waals surface area contributed by atoms with Gasteiger partial charge in [0.15, 0.2) is 0 Å². The standard InChI is InChI=1S/C20H30N4O/c1-14-7-10-23(11-8-14)19-17-13-24(20(25)16-5-3-4-6-16)12-9-18(17)21-15(2)22-19/h14,16H,3-13H2,1-2H3. The van der Waals surface area contributed by atoms with Crippen LogP contribution in [-0.4, -0.2) is 40.4 Å². The normalized spacial score (nSPS) is 22.3. The molecule has 5 nitrogen and oxygen atoms in total. The van der Waals surface area contributed by atoms with Gasteiger partial charge in [-0.2, -0.15) is 0 Å². The molecule has 0 aromatic carbocycles. The Morgan fingerprint density at radius 2 is 1.76 bits per heavy atom. The van der Waals surface area contributed by atoms with E-state index in [0.29, 0.717) is 12.5 Å². The molecule has 1 aromatic rings. The highest BCUT2D eigenvalue weighted by Crippen LogP contribution is 2.32. The molecular formula is C20H30N4O. The predicted molar refractivity (Wildman–Crippen MR) is 98.5 cm³/mol. The lowest BCUT2D eigenvalue weighted by Gasteiger charge is -2.36. The van der Waals surface area contributed by atoms with Crippen LogP contribution in [-0.2, 0) is 17.8 Å². The van der Waals surface area contributed by atoms with Gasteiger partial charge in [0.2, 0.25) is 5.91 Å². The third-order valence-electron chi connectivity index (χ3n) is 6.25. The molecule has 25 heavy (non-hydrogen) atoms. The van der Waals surface area contributed by atoms with E-state index in [2.05, 4.69) is 16.7 Å². The number of anilines is 1. The number of hydrogen-bond acceptors (Lipinski definition) is 4. The van der Waals surface area contributed by atoms with Crippen molar-refractivity contribution in [1.82, 2.24) is 14.9 Å². The first-order valence-corrected chi connectivity index (χ1v) is 10.0. The summed E-state index contributed by atoms with van der Waals surface area (Å²) in [7, 11) is 0. The van der Waals surface area contributed by atoms with Crippen molar-refractivity contribution in [3.8, 4) is 0 Å². The SMILES string of the molecule is Cc1nc2c(c(N3CCC(C)CC3)n1)CN(C(=O)C1CCCC1)CC2. The van der Waals surface area contributed by atoms with Crippen molar-refractivity contribution in [3.63, 3.8) is 0 Å². The van der Waals surface area contributed by atoms with Crippen LogP contribution < -0.4 is 4.90 Å². The first-order valence-electron chi connectivity index (χ1n) is 10.0. The van der Waals surface area contributed by atoms with Crippen LogP contribution in [0.15, 0.2) is 0 Å². The zero-order valence-corrected chi connectivity index (χ0v) is 15.6. The maximum absolute atomic E-state index is 12.9. The van der Waals surface area contributed by atoms with E-state index in [1.807, 2.05) is 6.92 Å². The summed E-state index contributed by atoms with van der Waals surface area (Å²) >= 11 is 0. The van der Waals surface area contributed by atoms with Crippen LogP contribution in [0.4, 0.5) is 5.82 Å². The van der Waals surface area contributed by atoms with Gasteiger partial charge in [0.05, 0.1) is 12.2 Å². The molecule has 0 atom stereocenters. The number of piperidine rings is 1. The topological polar surface area (TPSA) is 49.3 Å². The molecule has 0 N–H and O–H groups in total. The highest BCUT2D eigenvalue weighted by molar-refractivity contribution is 5.79. The van der Waals surface area contributed by atoms with Gasteiger partial charge >= 0.3 is 0 Å². The highest BCUT2D eigenvalue weighted by atomic mass is 16.2. The average Bonchev–Trinajstić information content (AvgIpc) is 3.15. The molecule has 3 aliphatic rings. The molecule has 3 heterocycles. The Kier molecular flexibility index (Phi) is 4.65. The van der Waals surface area contributed by atoms with Gasteiger partial charge < -0.3 is 9.80 Å². The summed E-state index contributed by atoms with van der Waals surface area (Å²) in [5.74, 6) is 3.38. The summed E-state index contributed by atoms with van der Waals surface area (Å²) < 4.78 is 0. The van der Waals surface area contributed by atoms with Gasteiger partial charge in [-0.1, -0.05) is 19.8 Å². The van der Waals surface area contributed by atoms with E-state index >= 15 is 0 Å². The molecule has 1 saturated carbocycles. The molecule has 0 spiro atoms. The molecule has 1 aliphatic carbocycles. The summed E-state index contributed by atoms with van der Waals surface area (Å²) in [5.41, 5.74) is 2.37. The number of aryl methyl sites for hydroxylation is 1. The molecular weight excluding hydrogens is 312 g/mol. The van der Waals surface area contributed by atoms with Crippen molar-refractivity contribution in [3.05, 3.63) is 17.1 Å². The maximum atomic E-state index is 12.9. The average molecular weight is 342 g/mol. The highest BCUT2D eigenvalue weighted by Gasteiger charge is 2.32. The second kappa shape index (κ2) is 6.93. The minimum atomic E-state index is 0.257. The molecule has 4 rings (SSSR count). The molecule has 0 unspecified atom stereocenters. The van der Waals surface area contributed by atoms with Gasteiger partial charge in [0, 0.05) is 37.5 Å². The summed E-state index contributed by atoms with van der Waals surface area (Å²) in [6.07, 6.45) is 7.88. The fraction of sp³-hybridized carbons (Fsp3) is 0.750. The van der Waals surface area contributed by atoms with E-state index in [-0.39, 0.29) is 5.92 Å². The molecule has 1 aromatic heterocycles. The van der Waals surface area contributed by atoms with Crippen molar-refractivity contribution in [1.29, 1.82) is 0 Å². The van der Waals surface area contributed by atoms with Crippen LogP contribution in [0.1, 0.15) is 62.5 Å². The molecule has 2 aliphatic heterocycles. The summed E-state index contributed by atoms with van der Waals surface area (Å²) in [6, 6.07) is 0. The van der Waals surface area contributed by atoms with Crippen molar-refractivity contribution >= 4 is 11.7 Å². The van der Waals surface area contributed by atoms with Gasteiger partial charge in [0.25, 0.3) is 0 Å². The van der Waals surface area contributed by atoms with E-state index in [1.54, 1.807) is 0 Å². The van der Waals surface area contributed by atoms with Crippen LogP contribution in [0.2, 0.25) is 0 Å². The number of carbonyl (C=O) groups excluding carboxylic acids is 1. The number of rotatable bonds is 2. The van der Waals surface area contributed by atoms with E-state index in [0.717, 1.165) is 62.2 Å². The predicted octanol–water partition coefficient (Wildman–Crippen LogP) is 3.10. The Morgan fingerprint density at radius 3 is 2.48 bits per heavy atom. The Labute approximate surface area is 150 Å². The van der Waals surface area contributed by atoms with Crippen LogP contribution >= 0.6 is 0 Å². The zero-order valence-electron chi connectivity index (χ0n) is 15.6. The van der Waals surface area contributed by atoms with Gasteiger partial charge in [-0.15, -0.1) is 0 Å². The van der Waals surface area contributed by atoms with E-state index in [9.17, 15) is 4.79 Å². The molecule has 0 radical (unpaired) electrons. The zero-order chi connectivity index (χ0) is 17.4. The lowest BCUT2D eigenvalue weighted by atomic mass is 9.97. The fourth-order valence-corrected chi connectivity index (χ4v) is 4.62. The molecule has 1 saturated heterocycles. The number of carbonyl (C=O) groups is 1. The summed E-state index contributed by atoms with van der Waals surface area (Å²) in [5, 5.41) is 0. The quantitative estimate of drug-likeness (QED) is 0.829. The second-order valence-corrected chi connectivity index (χ2v) is 8.18. The monoisotopic (exact) mass is 342 g/mol. The van der Waals surface area contributed by atoms with Gasteiger partial charge in [0.1, 0.15) is 11.6 Å². The fourth-order valence-electron chi connectivity index (χ4n) is 4.62. The Bertz CT molecular complexity index is 645. The Morgan fingerprint density at radius 1 is 1.04 bits per heavy atom. The van der Waals surface area contributed by atoms with E-state index < -0.39 is 0 Å². The van der Waals surface area contributed by atoms with Gasteiger partial charge in [-0.25, -0.2) is 9.97 Å². The summed E-state index contributed by atoms with van der Waals surface area (Å²) in [6.45, 7) is 7.98. The Balaban J connectivity index is 1.58.